The van der Waals surface area contributed by atoms with E-state index in [1.807, 2.05) is 13.8 Å². The molecule has 108 valence electrons. The topological polar surface area (TPSA) is 67.9 Å². The van der Waals surface area contributed by atoms with Crippen molar-refractivity contribution in [1.29, 1.82) is 0 Å². The number of rotatable bonds is 3. The van der Waals surface area contributed by atoms with E-state index in [2.05, 4.69) is 15.0 Å². The van der Waals surface area contributed by atoms with Crippen molar-refractivity contribution in [2.75, 3.05) is 0 Å². The second-order valence-electron chi connectivity index (χ2n) is 4.58. The number of hydrogen-bond donors (Lipinski definition) is 1. The lowest BCUT2D eigenvalue weighted by molar-refractivity contribution is 0.295. The Labute approximate surface area is 129 Å². The summed E-state index contributed by atoms with van der Waals surface area (Å²) in [6, 6.07) is 3.35. The van der Waals surface area contributed by atoms with Gasteiger partial charge in [0.2, 0.25) is 0 Å². The van der Waals surface area contributed by atoms with E-state index >= 15 is 0 Å². The average molecular weight is 322 g/mol. The number of pyridine rings is 1. The summed E-state index contributed by atoms with van der Waals surface area (Å²) in [5, 5.41) is 1.06. The van der Waals surface area contributed by atoms with Crippen LogP contribution in [-0.4, -0.2) is 15.0 Å². The van der Waals surface area contributed by atoms with Crippen LogP contribution in [0, 0.1) is 13.8 Å². The fourth-order valence-corrected chi connectivity index (χ4v) is 3.13. The van der Waals surface area contributed by atoms with Gasteiger partial charge in [-0.1, -0.05) is 11.6 Å². The first-order valence-corrected chi connectivity index (χ1v) is 7.47. The van der Waals surface area contributed by atoms with Gasteiger partial charge in [0.1, 0.15) is 28.2 Å². The number of nitrogens with one attached hydrogen (secondary N) is 1. The molecule has 0 aliphatic carbocycles. The summed E-state index contributed by atoms with van der Waals surface area (Å²) in [6.07, 6.45) is 1.53. The fraction of sp³-hybridized carbons (Fsp3) is 0.214. The Hall–Kier alpha value is -1.92. The maximum Gasteiger partial charge on any atom is 0.260 e. The summed E-state index contributed by atoms with van der Waals surface area (Å²) in [5.41, 5.74) is 0.854. The van der Waals surface area contributed by atoms with E-state index in [1.54, 1.807) is 12.1 Å². The summed E-state index contributed by atoms with van der Waals surface area (Å²) in [4.78, 5) is 25.1. The molecule has 0 amide bonds. The lowest BCUT2D eigenvalue weighted by atomic mass is 10.2. The van der Waals surface area contributed by atoms with Crippen molar-refractivity contribution < 1.29 is 4.74 Å². The Balaban J connectivity index is 1.88. The van der Waals surface area contributed by atoms with Crippen LogP contribution < -0.4 is 10.3 Å². The van der Waals surface area contributed by atoms with Crippen molar-refractivity contribution in [2.45, 2.75) is 20.5 Å². The van der Waals surface area contributed by atoms with Gasteiger partial charge in [0, 0.05) is 4.88 Å². The van der Waals surface area contributed by atoms with E-state index < -0.39 is 0 Å². The highest BCUT2D eigenvalue weighted by atomic mass is 35.5. The number of thiophene rings is 1. The third-order valence-corrected chi connectivity index (χ3v) is 4.49. The number of aromatic nitrogens is 3. The quantitative estimate of drug-likeness (QED) is 0.752. The number of aryl methyl sites for hydroxylation is 2. The number of ether oxygens (including phenoxy) is 1. The van der Waals surface area contributed by atoms with Crippen LogP contribution in [0.3, 0.4) is 0 Å². The Morgan fingerprint density at radius 1 is 1.38 bits per heavy atom. The van der Waals surface area contributed by atoms with E-state index in [9.17, 15) is 4.79 Å². The number of fused-ring (bicyclic) bond motifs is 1. The standard InChI is InChI=1S/C14H12ClN3O2S/c1-7-8(2)21-14-12(7)13(19)17-11(18-14)6-20-9-3-4-10(15)16-5-9/h3-5H,6H2,1-2H3,(H,17,18,19). The van der Waals surface area contributed by atoms with Gasteiger partial charge < -0.3 is 9.72 Å². The Kier molecular flexibility index (Phi) is 3.65. The van der Waals surface area contributed by atoms with Crippen molar-refractivity contribution in [3.05, 3.63) is 50.1 Å². The van der Waals surface area contributed by atoms with Gasteiger partial charge in [-0.25, -0.2) is 9.97 Å². The highest BCUT2D eigenvalue weighted by molar-refractivity contribution is 7.18. The molecule has 3 aromatic rings. The molecular formula is C14H12ClN3O2S. The summed E-state index contributed by atoms with van der Waals surface area (Å²) < 4.78 is 5.54. The predicted octanol–water partition coefficient (Wildman–Crippen LogP) is 3.23. The first-order chi connectivity index (χ1) is 10.0. The molecule has 0 radical (unpaired) electrons. The lowest BCUT2D eigenvalue weighted by Gasteiger charge is -2.05. The van der Waals surface area contributed by atoms with Gasteiger partial charge in [0.05, 0.1) is 11.6 Å². The smallest absolute Gasteiger partial charge is 0.260 e. The normalized spacial score (nSPS) is 11.0. The summed E-state index contributed by atoms with van der Waals surface area (Å²) in [6.45, 7) is 4.09. The molecule has 0 saturated heterocycles. The molecule has 0 saturated carbocycles. The minimum atomic E-state index is -0.130. The van der Waals surface area contributed by atoms with Crippen molar-refractivity contribution in [2.24, 2.45) is 0 Å². The maximum absolute atomic E-state index is 12.1. The van der Waals surface area contributed by atoms with Crippen LogP contribution in [0.5, 0.6) is 5.75 Å². The molecule has 0 fully saturated rings. The van der Waals surface area contributed by atoms with Crippen LogP contribution in [0.25, 0.3) is 10.2 Å². The summed E-state index contributed by atoms with van der Waals surface area (Å²) in [7, 11) is 0. The molecule has 7 heteroatoms. The summed E-state index contributed by atoms with van der Waals surface area (Å²) in [5.74, 6) is 1.06. The molecule has 0 aliphatic rings. The molecular weight excluding hydrogens is 310 g/mol. The van der Waals surface area contributed by atoms with E-state index in [-0.39, 0.29) is 12.2 Å². The van der Waals surface area contributed by atoms with Crippen LogP contribution in [0.15, 0.2) is 23.1 Å². The molecule has 0 bridgehead atoms. The molecule has 0 unspecified atom stereocenters. The monoisotopic (exact) mass is 321 g/mol. The summed E-state index contributed by atoms with van der Waals surface area (Å²) >= 11 is 7.22. The minimum Gasteiger partial charge on any atom is -0.484 e. The van der Waals surface area contributed by atoms with Crippen LogP contribution >= 0.6 is 22.9 Å². The molecule has 5 nitrogen and oxygen atoms in total. The number of hydrogen-bond acceptors (Lipinski definition) is 5. The van der Waals surface area contributed by atoms with Gasteiger partial charge >= 0.3 is 0 Å². The SMILES string of the molecule is Cc1sc2nc(COc3ccc(Cl)nc3)[nH]c(=O)c2c1C. The van der Waals surface area contributed by atoms with Gasteiger partial charge in [-0.2, -0.15) is 0 Å². The number of nitrogens with zero attached hydrogens (tertiary/aromatic N) is 2. The average Bonchev–Trinajstić information content (AvgIpc) is 2.74. The first-order valence-electron chi connectivity index (χ1n) is 6.28. The first kappa shape index (κ1) is 14.0. The zero-order valence-corrected chi connectivity index (χ0v) is 13.0. The van der Waals surface area contributed by atoms with E-state index in [0.29, 0.717) is 22.1 Å². The van der Waals surface area contributed by atoms with Gasteiger partial charge in [0.15, 0.2) is 0 Å². The van der Waals surface area contributed by atoms with Crippen molar-refractivity contribution >= 4 is 33.2 Å². The molecule has 3 heterocycles. The second kappa shape index (κ2) is 5.46. The third-order valence-electron chi connectivity index (χ3n) is 3.16. The molecule has 3 rings (SSSR count). The van der Waals surface area contributed by atoms with Gasteiger partial charge in [-0.15, -0.1) is 11.3 Å². The zero-order chi connectivity index (χ0) is 15.0. The number of halogens is 1. The Bertz CT molecular complexity index is 855. The van der Waals surface area contributed by atoms with E-state index in [1.165, 1.54) is 17.5 Å². The molecule has 0 spiro atoms. The number of aromatic amines is 1. The van der Waals surface area contributed by atoms with Gasteiger partial charge in [-0.05, 0) is 31.5 Å². The predicted molar refractivity (Wildman–Crippen MR) is 83.3 cm³/mol. The van der Waals surface area contributed by atoms with Crippen LogP contribution in [0.1, 0.15) is 16.3 Å². The van der Waals surface area contributed by atoms with Gasteiger partial charge in [-0.3, -0.25) is 4.79 Å². The molecule has 1 N–H and O–H groups in total. The van der Waals surface area contributed by atoms with E-state index in [0.717, 1.165) is 15.3 Å². The molecule has 3 aromatic heterocycles. The Morgan fingerprint density at radius 2 is 2.19 bits per heavy atom. The molecule has 21 heavy (non-hydrogen) atoms. The minimum absolute atomic E-state index is 0.130. The number of H-pyrrole nitrogens is 1. The van der Waals surface area contributed by atoms with Crippen LogP contribution in [0.4, 0.5) is 0 Å². The lowest BCUT2D eigenvalue weighted by Crippen LogP contribution is -2.13. The van der Waals surface area contributed by atoms with Crippen molar-refractivity contribution in [1.82, 2.24) is 15.0 Å². The van der Waals surface area contributed by atoms with Crippen molar-refractivity contribution in [3.8, 4) is 5.75 Å². The zero-order valence-electron chi connectivity index (χ0n) is 11.4. The van der Waals surface area contributed by atoms with E-state index in [4.69, 9.17) is 16.3 Å². The second-order valence-corrected chi connectivity index (χ2v) is 6.17. The largest absolute Gasteiger partial charge is 0.484 e. The van der Waals surface area contributed by atoms with Gasteiger partial charge in [0.25, 0.3) is 5.56 Å². The van der Waals surface area contributed by atoms with Crippen LogP contribution in [0.2, 0.25) is 5.15 Å². The van der Waals surface area contributed by atoms with Crippen LogP contribution in [-0.2, 0) is 6.61 Å². The molecule has 0 aliphatic heterocycles. The maximum atomic E-state index is 12.1. The molecule has 0 aromatic carbocycles. The highest BCUT2D eigenvalue weighted by Crippen LogP contribution is 2.25. The van der Waals surface area contributed by atoms with Crippen molar-refractivity contribution in [3.63, 3.8) is 0 Å². The third kappa shape index (κ3) is 2.77. The molecule has 0 atom stereocenters. The fourth-order valence-electron chi connectivity index (χ4n) is 1.97. The highest BCUT2D eigenvalue weighted by Gasteiger charge is 2.12. The Morgan fingerprint density at radius 3 is 2.90 bits per heavy atom.